The summed E-state index contributed by atoms with van der Waals surface area (Å²) in [5.74, 6) is 3.20. The summed E-state index contributed by atoms with van der Waals surface area (Å²) in [4.78, 5) is 0. The van der Waals surface area contributed by atoms with Crippen LogP contribution in [-0.2, 0) is 11.5 Å². The number of aromatic nitrogens is 1. The van der Waals surface area contributed by atoms with Crippen LogP contribution in [-0.4, -0.2) is 5.16 Å². The lowest BCUT2D eigenvalue weighted by Crippen LogP contribution is -1.82. The maximum Gasteiger partial charge on any atom is 0.202 e. The van der Waals surface area contributed by atoms with Crippen molar-refractivity contribution in [2.45, 2.75) is 11.5 Å². The second-order valence-corrected chi connectivity index (χ2v) is 5.12. The first-order chi connectivity index (χ1) is 9.42. The Labute approximate surface area is 115 Å². The molecular weight excluding hydrogens is 258 g/mol. The molecule has 0 fully saturated rings. The molecule has 0 amide bonds. The Kier molecular flexibility index (Phi) is 3.70. The van der Waals surface area contributed by atoms with Crippen LogP contribution in [0.15, 0.2) is 63.7 Å². The summed E-state index contributed by atoms with van der Waals surface area (Å²) in [6.07, 6.45) is 1.63. The zero-order valence-electron chi connectivity index (χ0n) is 10.3. The van der Waals surface area contributed by atoms with Crippen LogP contribution in [0.2, 0.25) is 0 Å². The number of furan rings is 1. The van der Waals surface area contributed by atoms with Crippen LogP contribution in [0.5, 0.6) is 0 Å². The van der Waals surface area contributed by atoms with E-state index in [1.54, 1.807) is 6.26 Å². The first-order valence-corrected chi connectivity index (χ1v) is 7.18. The van der Waals surface area contributed by atoms with Gasteiger partial charge in [-0.15, -0.1) is 0 Å². The summed E-state index contributed by atoms with van der Waals surface area (Å²) in [7, 11) is 0. The monoisotopic (exact) mass is 271 g/mol. The van der Waals surface area contributed by atoms with Gasteiger partial charge in [-0.1, -0.05) is 35.5 Å². The van der Waals surface area contributed by atoms with E-state index in [9.17, 15) is 0 Å². The fraction of sp³-hybridized carbons (Fsp3) is 0.133. The zero-order chi connectivity index (χ0) is 12.9. The lowest BCUT2D eigenvalue weighted by Gasteiger charge is -1.98. The molecule has 0 saturated carbocycles. The number of nitrogens with zero attached hydrogens (tertiary/aromatic N) is 1. The highest BCUT2D eigenvalue weighted by Crippen LogP contribution is 2.23. The highest BCUT2D eigenvalue weighted by atomic mass is 32.2. The molecule has 96 valence electrons. The van der Waals surface area contributed by atoms with Crippen molar-refractivity contribution in [1.29, 1.82) is 0 Å². The van der Waals surface area contributed by atoms with Gasteiger partial charge >= 0.3 is 0 Å². The molecule has 2 aromatic heterocycles. The van der Waals surface area contributed by atoms with Crippen LogP contribution in [0.25, 0.3) is 11.5 Å². The largest absolute Gasteiger partial charge is 0.461 e. The van der Waals surface area contributed by atoms with E-state index in [1.807, 2.05) is 36.0 Å². The molecule has 19 heavy (non-hydrogen) atoms. The number of thioether (sulfide) groups is 1. The van der Waals surface area contributed by atoms with E-state index in [0.717, 1.165) is 17.2 Å². The molecule has 3 rings (SSSR count). The maximum absolute atomic E-state index is 5.27. The zero-order valence-corrected chi connectivity index (χ0v) is 11.1. The molecule has 0 radical (unpaired) electrons. The fourth-order valence-corrected chi connectivity index (χ4v) is 2.64. The van der Waals surface area contributed by atoms with Crippen LogP contribution in [0.1, 0.15) is 11.3 Å². The average molecular weight is 271 g/mol. The highest BCUT2D eigenvalue weighted by molar-refractivity contribution is 7.97. The van der Waals surface area contributed by atoms with Gasteiger partial charge in [0.05, 0.1) is 12.0 Å². The molecule has 3 aromatic rings. The molecule has 0 N–H and O–H groups in total. The van der Waals surface area contributed by atoms with Crippen molar-refractivity contribution in [3.8, 4) is 11.5 Å². The van der Waals surface area contributed by atoms with Crippen molar-refractivity contribution < 1.29 is 8.94 Å². The van der Waals surface area contributed by atoms with E-state index in [1.165, 1.54) is 5.56 Å². The molecule has 0 atom stereocenters. The van der Waals surface area contributed by atoms with Crippen molar-refractivity contribution >= 4 is 11.8 Å². The molecular formula is C15H13NO2S. The van der Waals surface area contributed by atoms with Crippen molar-refractivity contribution in [2.75, 3.05) is 0 Å². The van der Waals surface area contributed by atoms with Crippen molar-refractivity contribution in [3.63, 3.8) is 0 Å². The number of benzene rings is 1. The maximum atomic E-state index is 5.27. The van der Waals surface area contributed by atoms with E-state index in [2.05, 4.69) is 29.4 Å². The Balaban J connectivity index is 1.56. The highest BCUT2D eigenvalue weighted by Gasteiger charge is 2.08. The summed E-state index contributed by atoms with van der Waals surface area (Å²) >= 11 is 1.82. The van der Waals surface area contributed by atoms with E-state index in [-0.39, 0.29) is 0 Å². The standard InChI is InChI=1S/C15H13NO2S/c1-2-5-12(6-3-1)10-19-11-13-9-15(18-16-13)14-7-4-8-17-14/h1-9H,10-11H2. The second-order valence-electron chi connectivity index (χ2n) is 4.14. The molecule has 1 aromatic carbocycles. The van der Waals surface area contributed by atoms with Crippen LogP contribution < -0.4 is 0 Å². The first kappa shape index (κ1) is 12.1. The number of hydrogen-bond donors (Lipinski definition) is 0. The predicted molar refractivity (Wildman–Crippen MR) is 75.6 cm³/mol. The minimum Gasteiger partial charge on any atom is -0.461 e. The molecule has 0 aliphatic heterocycles. The van der Waals surface area contributed by atoms with Gasteiger partial charge in [0.25, 0.3) is 0 Å². The fourth-order valence-electron chi connectivity index (χ4n) is 1.76. The molecule has 0 saturated heterocycles. The Morgan fingerprint density at radius 3 is 2.63 bits per heavy atom. The summed E-state index contributed by atoms with van der Waals surface area (Å²) in [5.41, 5.74) is 2.26. The topological polar surface area (TPSA) is 39.2 Å². The van der Waals surface area contributed by atoms with E-state index >= 15 is 0 Å². The molecule has 0 unspecified atom stereocenters. The Hall–Kier alpha value is -1.94. The number of rotatable bonds is 5. The normalized spacial score (nSPS) is 10.7. The summed E-state index contributed by atoms with van der Waals surface area (Å²) in [6.45, 7) is 0. The van der Waals surface area contributed by atoms with Gasteiger partial charge in [-0.25, -0.2) is 0 Å². The molecule has 0 bridgehead atoms. The van der Waals surface area contributed by atoms with Crippen LogP contribution in [0, 0.1) is 0 Å². The van der Waals surface area contributed by atoms with Gasteiger partial charge in [0.1, 0.15) is 0 Å². The molecule has 0 spiro atoms. The Morgan fingerprint density at radius 2 is 1.84 bits per heavy atom. The van der Waals surface area contributed by atoms with Crippen molar-refractivity contribution in [2.24, 2.45) is 0 Å². The third-order valence-corrected chi connectivity index (χ3v) is 3.72. The van der Waals surface area contributed by atoms with Crippen LogP contribution in [0.3, 0.4) is 0 Å². The van der Waals surface area contributed by atoms with Crippen LogP contribution >= 0.6 is 11.8 Å². The SMILES string of the molecule is c1ccc(CSCc2cc(-c3ccco3)on2)cc1. The van der Waals surface area contributed by atoms with Gasteiger partial charge in [0.2, 0.25) is 5.76 Å². The van der Waals surface area contributed by atoms with Crippen LogP contribution in [0.4, 0.5) is 0 Å². The van der Waals surface area contributed by atoms with Crippen molar-refractivity contribution in [3.05, 3.63) is 66.1 Å². The average Bonchev–Trinajstić information content (AvgIpc) is 3.10. The minimum absolute atomic E-state index is 0.681. The van der Waals surface area contributed by atoms with Gasteiger partial charge in [-0.05, 0) is 17.7 Å². The first-order valence-electron chi connectivity index (χ1n) is 6.03. The Morgan fingerprint density at radius 1 is 0.947 bits per heavy atom. The lowest BCUT2D eigenvalue weighted by molar-refractivity contribution is 0.413. The van der Waals surface area contributed by atoms with E-state index in [4.69, 9.17) is 8.94 Å². The molecule has 0 aliphatic carbocycles. The van der Waals surface area contributed by atoms with Gasteiger partial charge < -0.3 is 8.94 Å². The van der Waals surface area contributed by atoms with E-state index < -0.39 is 0 Å². The quantitative estimate of drug-likeness (QED) is 0.691. The third-order valence-electron chi connectivity index (χ3n) is 2.68. The Bertz CT molecular complexity index is 617. The third kappa shape index (κ3) is 3.09. The summed E-state index contributed by atoms with van der Waals surface area (Å²) in [6, 6.07) is 16.0. The second kappa shape index (κ2) is 5.80. The smallest absolute Gasteiger partial charge is 0.202 e. The van der Waals surface area contributed by atoms with Gasteiger partial charge in [-0.3, -0.25) is 0 Å². The van der Waals surface area contributed by atoms with Gasteiger partial charge in [-0.2, -0.15) is 11.8 Å². The lowest BCUT2D eigenvalue weighted by atomic mass is 10.2. The van der Waals surface area contributed by atoms with Crippen molar-refractivity contribution in [1.82, 2.24) is 5.16 Å². The predicted octanol–water partition coefficient (Wildman–Crippen LogP) is 4.37. The molecule has 4 heteroatoms. The molecule has 2 heterocycles. The molecule has 0 aliphatic rings. The molecule has 3 nitrogen and oxygen atoms in total. The summed E-state index contributed by atoms with van der Waals surface area (Å²) < 4.78 is 10.5. The van der Waals surface area contributed by atoms with Gasteiger partial charge in [0.15, 0.2) is 5.76 Å². The minimum atomic E-state index is 0.681. The number of hydrogen-bond acceptors (Lipinski definition) is 4. The summed E-state index contributed by atoms with van der Waals surface area (Å²) in [5, 5.41) is 4.05. The van der Waals surface area contributed by atoms with E-state index in [0.29, 0.717) is 11.5 Å². The van der Waals surface area contributed by atoms with Gasteiger partial charge in [0, 0.05) is 17.6 Å².